The summed E-state index contributed by atoms with van der Waals surface area (Å²) in [4.78, 5) is 7.21. The highest BCUT2D eigenvalue weighted by Crippen LogP contribution is 2.32. The zero-order valence-electron chi connectivity index (χ0n) is 12.6. The van der Waals surface area contributed by atoms with Crippen LogP contribution in [0.1, 0.15) is 48.9 Å². The van der Waals surface area contributed by atoms with Gasteiger partial charge in [-0.05, 0) is 43.7 Å². The van der Waals surface area contributed by atoms with Crippen LogP contribution in [0.4, 0.5) is 5.82 Å². The van der Waals surface area contributed by atoms with Crippen LogP contribution >= 0.6 is 12.2 Å². The molecule has 0 aliphatic heterocycles. The highest BCUT2D eigenvalue weighted by Gasteiger charge is 2.33. The summed E-state index contributed by atoms with van der Waals surface area (Å²) in [5.74, 6) is 0.823. The third-order valence-electron chi connectivity index (χ3n) is 4.72. The van der Waals surface area contributed by atoms with Crippen molar-refractivity contribution >= 4 is 23.0 Å². The van der Waals surface area contributed by atoms with Gasteiger partial charge < -0.3 is 15.7 Å². The molecule has 0 saturated heterocycles. The summed E-state index contributed by atoms with van der Waals surface area (Å²) in [7, 11) is 1.97. The smallest absolute Gasteiger partial charge is 0.138 e. The van der Waals surface area contributed by atoms with Gasteiger partial charge in [0.15, 0.2) is 0 Å². The van der Waals surface area contributed by atoms with Crippen molar-refractivity contribution in [2.75, 3.05) is 18.5 Å². The fraction of sp³-hybridized carbons (Fsp3) is 0.625. The molecular weight excluding hydrogens is 282 g/mol. The molecule has 2 aliphatic carbocycles. The van der Waals surface area contributed by atoms with Gasteiger partial charge >= 0.3 is 0 Å². The van der Waals surface area contributed by atoms with E-state index in [-0.39, 0.29) is 0 Å². The number of nitrogens with zero attached hydrogens (tertiary/aromatic N) is 2. The Kier molecular flexibility index (Phi) is 3.88. The van der Waals surface area contributed by atoms with Gasteiger partial charge in [0.2, 0.25) is 0 Å². The summed E-state index contributed by atoms with van der Waals surface area (Å²) in [5, 5.41) is 10.6. The molecule has 1 aromatic rings. The van der Waals surface area contributed by atoms with Crippen LogP contribution in [0.3, 0.4) is 0 Å². The number of hydrogen-bond donors (Lipinski definition) is 2. The molecule has 3 rings (SSSR count). The average Bonchev–Trinajstić information content (AvgIpc) is 3.05. The molecule has 1 saturated carbocycles. The number of aromatic nitrogens is 1. The fourth-order valence-electron chi connectivity index (χ4n) is 3.64. The van der Waals surface area contributed by atoms with Gasteiger partial charge in [-0.2, -0.15) is 0 Å². The van der Waals surface area contributed by atoms with E-state index in [0.29, 0.717) is 11.5 Å². The van der Waals surface area contributed by atoms with Gasteiger partial charge in [0.05, 0.1) is 11.2 Å². The number of thiocarbonyl (C=S) groups is 1. The van der Waals surface area contributed by atoms with Crippen molar-refractivity contribution in [2.24, 2.45) is 5.73 Å². The van der Waals surface area contributed by atoms with Crippen LogP contribution in [0.15, 0.2) is 6.07 Å². The first kappa shape index (κ1) is 14.7. The Labute approximate surface area is 131 Å². The maximum atomic E-state index is 10.6. The molecule has 4 nitrogen and oxygen atoms in total. The zero-order valence-corrected chi connectivity index (χ0v) is 13.4. The molecular formula is C16H23N3OS. The first-order chi connectivity index (χ1) is 9.98. The lowest BCUT2D eigenvalue weighted by Gasteiger charge is -2.30. The number of hydrogen-bond acceptors (Lipinski definition) is 4. The highest BCUT2D eigenvalue weighted by atomic mass is 32.1. The topological polar surface area (TPSA) is 62.4 Å². The monoisotopic (exact) mass is 305 g/mol. The van der Waals surface area contributed by atoms with Crippen molar-refractivity contribution in [3.8, 4) is 0 Å². The van der Waals surface area contributed by atoms with Crippen LogP contribution in [0.25, 0.3) is 0 Å². The predicted molar refractivity (Wildman–Crippen MR) is 88.8 cm³/mol. The van der Waals surface area contributed by atoms with E-state index in [1.165, 1.54) is 5.56 Å². The number of aliphatic hydroxyl groups is 1. The van der Waals surface area contributed by atoms with Crippen molar-refractivity contribution in [1.29, 1.82) is 0 Å². The van der Waals surface area contributed by atoms with Crippen molar-refractivity contribution in [2.45, 2.75) is 50.5 Å². The van der Waals surface area contributed by atoms with Gasteiger partial charge in [-0.25, -0.2) is 4.98 Å². The largest absolute Gasteiger partial charge is 0.389 e. The van der Waals surface area contributed by atoms with E-state index < -0.39 is 5.60 Å². The molecule has 1 aromatic heterocycles. The van der Waals surface area contributed by atoms with Gasteiger partial charge in [-0.1, -0.05) is 25.1 Å². The quantitative estimate of drug-likeness (QED) is 0.833. The van der Waals surface area contributed by atoms with Crippen molar-refractivity contribution in [3.63, 3.8) is 0 Å². The molecule has 0 amide bonds. The molecule has 0 unspecified atom stereocenters. The predicted octanol–water partition coefficient (Wildman–Crippen LogP) is 1.95. The third-order valence-corrected chi connectivity index (χ3v) is 4.94. The first-order valence-electron chi connectivity index (χ1n) is 7.75. The number of fused-ring (bicyclic) bond motifs is 1. The van der Waals surface area contributed by atoms with E-state index in [2.05, 4.69) is 6.07 Å². The van der Waals surface area contributed by atoms with Crippen LogP contribution in [0, 0.1) is 0 Å². The van der Waals surface area contributed by atoms with E-state index in [1.54, 1.807) is 0 Å². The van der Waals surface area contributed by atoms with Gasteiger partial charge in [-0.15, -0.1) is 0 Å². The average molecular weight is 305 g/mol. The molecule has 0 bridgehead atoms. The van der Waals surface area contributed by atoms with E-state index in [0.717, 1.165) is 62.0 Å². The number of aryl methyl sites for hydroxylation is 2. The van der Waals surface area contributed by atoms with Crippen LogP contribution in [-0.2, 0) is 12.8 Å². The molecule has 21 heavy (non-hydrogen) atoms. The van der Waals surface area contributed by atoms with Crippen molar-refractivity contribution in [1.82, 2.24) is 4.98 Å². The Morgan fingerprint density at radius 3 is 2.76 bits per heavy atom. The molecule has 0 radical (unpaired) electrons. The Balaban J connectivity index is 1.91. The Hall–Kier alpha value is -1.20. The maximum Gasteiger partial charge on any atom is 0.138 e. The summed E-state index contributed by atoms with van der Waals surface area (Å²) in [5.41, 5.74) is 8.57. The number of pyridine rings is 1. The van der Waals surface area contributed by atoms with E-state index in [1.807, 2.05) is 11.9 Å². The highest BCUT2D eigenvalue weighted by molar-refractivity contribution is 7.80. The number of rotatable bonds is 4. The number of likely N-dealkylation sites (N-methyl/N-ethyl adjacent to an activating group) is 1. The summed E-state index contributed by atoms with van der Waals surface area (Å²) in [6.07, 6.45) is 7.17. The lowest BCUT2D eigenvalue weighted by Crippen LogP contribution is -2.40. The fourth-order valence-corrected chi connectivity index (χ4v) is 3.79. The van der Waals surface area contributed by atoms with Gasteiger partial charge in [-0.3, -0.25) is 0 Å². The Bertz CT molecular complexity index is 567. The second-order valence-electron chi connectivity index (χ2n) is 6.47. The first-order valence-corrected chi connectivity index (χ1v) is 8.15. The maximum absolute atomic E-state index is 10.6. The lowest BCUT2D eigenvalue weighted by atomic mass is 10.0. The summed E-state index contributed by atoms with van der Waals surface area (Å²) >= 11 is 5.20. The molecule has 0 spiro atoms. The Morgan fingerprint density at radius 1 is 1.38 bits per heavy atom. The zero-order chi connectivity index (χ0) is 15.0. The molecule has 0 aromatic carbocycles. The Morgan fingerprint density at radius 2 is 2.10 bits per heavy atom. The lowest BCUT2D eigenvalue weighted by molar-refractivity contribution is 0.0558. The molecule has 3 N–H and O–H groups in total. The summed E-state index contributed by atoms with van der Waals surface area (Å²) in [6, 6.07) is 2.10. The number of nitrogens with two attached hydrogens (primary N) is 1. The minimum absolute atomic E-state index is 0.387. The van der Waals surface area contributed by atoms with Gasteiger partial charge in [0.25, 0.3) is 0 Å². The molecule has 1 heterocycles. The van der Waals surface area contributed by atoms with Gasteiger partial charge in [0, 0.05) is 19.3 Å². The van der Waals surface area contributed by atoms with Gasteiger partial charge in [0.1, 0.15) is 10.8 Å². The van der Waals surface area contributed by atoms with Crippen molar-refractivity contribution < 1.29 is 5.11 Å². The van der Waals surface area contributed by atoms with Crippen LogP contribution in [-0.4, -0.2) is 34.3 Å². The molecule has 114 valence electrons. The molecule has 0 atom stereocenters. The molecule has 2 aliphatic rings. The van der Waals surface area contributed by atoms with Crippen LogP contribution in [0.2, 0.25) is 0 Å². The van der Waals surface area contributed by atoms with E-state index in [9.17, 15) is 5.11 Å². The minimum Gasteiger partial charge on any atom is -0.389 e. The van der Waals surface area contributed by atoms with E-state index >= 15 is 0 Å². The second kappa shape index (κ2) is 5.54. The van der Waals surface area contributed by atoms with E-state index in [4.69, 9.17) is 22.9 Å². The summed E-state index contributed by atoms with van der Waals surface area (Å²) < 4.78 is 0. The summed E-state index contributed by atoms with van der Waals surface area (Å²) in [6.45, 7) is 0.592. The molecule has 1 fully saturated rings. The third kappa shape index (κ3) is 2.90. The van der Waals surface area contributed by atoms with Crippen LogP contribution in [0.5, 0.6) is 0 Å². The van der Waals surface area contributed by atoms with Crippen LogP contribution < -0.4 is 10.6 Å². The SMILES string of the molecule is CN(CC1(O)CCCC1)c1nc2c(cc1C(N)=S)CCC2. The number of anilines is 1. The molecule has 5 heteroatoms. The normalized spacial score (nSPS) is 19.5. The standard InChI is InChI=1S/C16H23N3OS/c1-19(10-16(20)7-2-3-8-16)15-12(14(17)21)9-11-5-4-6-13(11)18-15/h9,20H,2-8,10H2,1H3,(H2,17,21). The second-order valence-corrected chi connectivity index (χ2v) is 6.91. The minimum atomic E-state index is -0.594. The van der Waals surface area contributed by atoms with Crippen molar-refractivity contribution in [3.05, 3.63) is 22.9 Å².